The molecule has 2 aromatic carbocycles. The molecule has 164 valence electrons. The average molecular weight is 462 g/mol. The number of rotatable bonds is 5. The van der Waals surface area contributed by atoms with E-state index in [4.69, 9.17) is 17.3 Å². The number of nitrogens with zero attached hydrogens (tertiary/aromatic N) is 3. The Hall–Kier alpha value is -2.78. The Balaban J connectivity index is 1.56. The Labute approximate surface area is 186 Å². The number of aliphatic imine (C=N–C) groups is 1. The summed E-state index contributed by atoms with van der Waals surface area (Å²) in [4.78, 5) is 18.4. The van der Waals surface area contributed by atoms with Gasteiger partial charge in [-0.05, 0) is 54.3 Å². The van der Waals surface area contributed by atoms with E-state index in [1.54, 1.807) is 35.2 Å². The van der Waals surface area contributed by atoms with Crippen LogP contribution in [0.2, 0.25) is 5.02 Å². The fourth-order valence-corrected chi connectivity index (χ4v) is 5.45. The standard InChI is InChI=1S/C21H24ClN5O3S/c1-2-9-24-21(28)26-10-8-15-12-17(6-7-19(15)26)31(29,30)27-13-18(25-20(27)23)14-4-3-5-16(22)11-14/h3-7,11-12,18H,2,8-10,13H2,1H3,(H2,23,25)(H,24,28). The minimum Gasteiger partial charge on any atom is -0.369 e. The number of hydrogen-bond acceptors (Lipinski definition) is 5. The van der Waals surface area contributed by atoms with Crippen molar-refractivity contribution in [3.05, 3.63) is 58.6 Å². The molecule has 3 N–H and O–H groups in total. The summed E-state index contributed by atoms with van der Waals surface area (Å²) in [7, 11) is -3.89. The number of benzene rings is 2. The molecule has 0 aromatic heterocycles. The number of amides is 2. The Kier molecular flexibility index (Phi) is 5.81. The fraction of sp³-hybridized carbons (Fsp3) is 0.333. The van der Waals surface area contributed by atoms with Gasteiger partial charge in [0.25, 0.3) is 10.0 Å². The monoisotopic (exact) mass is 461 g/mol. The number of halogens is 1. The third-order valence-electron chi connectivity index (χ3n) is 5.42. The normalized spacial score (nSPS) is 18.1. The number of carbonyl (C=O) groups is 1. The van der Waals surface area contributed by atoms with Gasteiger partial charge in [-0.25, -0.2) is 22.5 Å². The maximum absolute atomic E-state index is 13.3. The van der Waals surface area contributed by atoms with E-state index in [1.165, 1.54) is 6.07 Å². The molecule has 31 heavy (non-hydrogen) atoms. The molecule has 8 nitrogen and oxygen atoms in total. The minimum atomic E-state index is -3.89. The molecule has 2 aromatic rings. The highest BCUT2D eigenvalue weighted by molar-refractivity contribution is 7.89. The second-order valence-electron chi connectivity index (χ2n) is 7.52. The molecule has 0 fully saturated rings. The summed E-state index contributed by atoms with van der Waals surface area (Å²) in [5.41, 5.74) is 8.34. The van der Waals surface area contributed by atoms with Crippen LogP contribution in [0, 0.1) is 0 Å². The number of nitrogens with two attached hydrogens (primary N) is 1. The van der Waals surface area contributed by atoms with E-state index in [9.17, 15) is 13.2 Å². The van der Waals surface area contributed by atoms with Gasteiger partial charge in [-0.2, -0.15) is 0 Å². The van der Waals surface area contributed by atoms with E-state index >= 15 is 0 Å². The molecule has 0 saturated carbocycles. The van der Waals surface area contributed by atoms with Crippen molar-refractivity contribution in [3.8, 4) is 0 Å². The first-order valence-corrected chi connectivity index (χ1v) is 11.9. The molecule has 1 atom stereocenters. The van der Waals surface area contributed by atoms with Gasteiger partial charge in [-0.1, -0.05) is 30.7 Å². The van der Waals surface area contributed by atoms with E-state index in [-0.39, 0.29) is 23.4 Å². The van der Waals surface area contributed by atoms with Crippen LogP contribution in [-0.4, -0.2) is 44.3 Å². The van der Waals surface area contributed by atoms with Crippen LogP contribution < -0.4 is 16.0 Å². The number of anilines is 1. The van der Waals surface area contributed by atoms with Crippen LogP contribution in [0.15, 0.2) is 52.4 Å². The number of guanidine groups is 1. The van der Waals surface area contributed by atoms with Gasteiger partial charge >= 0.3 is 6.03 Å². The molecule has 2 aliphatic rings. The predicted octanol–water partition coefficient (Wildman–Crippen LogP) is 2.88. The topological polar surface area (TPSA) is 108 Å². The van der Waals surface area contributed by atoms with Crippen molar-refractivity contribution in [1.82, 2.24) is 9.62 Å². The first kappa shape index (κ1) is 21.5. The number of nitrogens with one attached hydrogen (secondary N) is 1. The number of sulfonamides is 1. The lowest BCUT2D eigenvalue weighted by Crippen LogP contribution is -2.39. The highest BCUT2D eigenvalue weighted by Gasteiger charge is 2.35. The Morgan fingerprint density at radius 1 is 1.29 bits per heavy atom. The zero-order valence-electron chi connectivity index (χ0n) is 17.1. The van der Waals surface area contributed by atoms with Crippen LogP contribution in [0.5, 0.6) is 0 Å². The first-order valence-electron chi connectivity index (χ1n) is 10.1. The van der Waals surface area contributed by atoms with Crippen molar-refractivity contribution in [2.24, 2.45) is 10.7 Å². The van der Waals surface area contributed by atoms with Crippen LogP contribution in [0.4, 0.5) is 10.5 Å². The Bertz CT molecular complexity index is 1150. The Morgan fingerprint density at radius 3 is 2.84 bits per heavy atom. The highest BCUT2D eigenvalue weighted by atomic mass is 35.5. The van der Waals surface area contributed by atoms with Crippen LogP contribution in [0.25, 0.3) is 0 Å². The lowest BCUT2D eigenvalue weighted by Gasteiger charge is -2.20. The van der Waals surface area contributed by atoms with Crippen LogP contribution >= 0.6 is 11.6 Å². The Morgan fingerprint density at radius 2 is 2.10 bits per heavy atom. The number of urea groups is 1. The van der Waals surface area contributed by atoms with Crippen molar-refractivity contribution in [2.45, 2.75) is 30.7 Å². The van der Waals surface area contributed by atoms with Crippen molar-refractivity contribution < 1.29 is 13.2 Å². The third kappa shape index (κ3) is 4.07. The van der Waals surface area contributed by atoms with E-state index in [0.29, 0.717) is 24.5 Å². The smallest absolute Gasteiger partial charge is 0.321 e. The zero-order chi connectivity index (χ0) is 22.2. The molecule has 0 bridgehead atoms. The summed E-state index contributed by atoms with van der Waals surface area (Å²) in [6.45, 7) is 3.20. The van der Waals surface area contributed by atoms with Gasteiger partial charge in [0.1, 0.15) is 0 Å². The van der Waals surface area contributed by atoms with Gasteiger partial charge in [-0.3, -0.25) is 4.90 Å². The van der Waals surface area contributed by atoms with E-state index < -0.39 is 16.1 Å². The summed E-state index contributed by atoms with van der Waals surface area (Å²) >= 11 is 6.05. The van der Waals surface area contributed by atoms with Gasteiger partial charge in [-0.15, -0.1) is 0 Å². The molecule has 2 heterocycles. The second kappa shape index (κ2) is 8.39. The molecule has 2 aliphatic heterocycles. The highest BCUT2D eigenvalue weighted by Crippen LogP contribution is 2.33. The lowest BCUT2D eigenvalue weighted by atomic mass is 10.1. The van der Waals surface area contributed by atoms with Crippen molar-refractivity contribution in [2.75, 3.05) is 24.5 Å². The fourth-order valence-electron chi connectivity index (χ4n) is 3.83. The zero-order valence-corrected chi connectivity index (χ0v) is 18.7. The first-order chi connectivity index (χ1) is 14.8. The van der Waals surface area contributed by atoms with E-state index in [1.807, 2.05) is 13.0 Å². The molecule has 2 amide bonds. The van der Waals surface area contributed by atoms with Crippen LogP contribution in [0.1, 0.15) is 30.5 Å². The maximum atomic E-state index is 13.3. The SMILES string of the molecule is CCCNC(=O)N1CCc2cc(S(=O)(=O)N3CC(c4cccc(Cl)c4)N=C3N)ccc21. The van der Waals surface area contributed by atoms with Gasteiger partial charge in [0.2, 0.25) is 5.96 Å². The number of carbonyl (C=O) groups excluding carboxylic acids is 1. The molecule has 1 unspecified atom stereocenters. The summed E-state index contributed by atoms with van der Waals surface area (Å²) < 4.78 is 27.7. The minimum absolute atomic E-state index is 0.0500. The molecular weight excluding hydrogens is 438 g/mol. The predicted molar refractivity (Wildman–Crippen MR) is 121 cm³/mol. The summed E-state index contributed by atoms with van der Waals surface area (Å²) in [6.07, 6.45) is 1.44. The van der Waals surface area contributed by atoms with Crippen molar-refractivity contribution >= 4 is 39.3 Å². The number of fused-ring (bicyclic) bond motifs is 1. The quantitative estimate of drug-likeness (QED) is 0.713. The summed E-state index contributed by atoms with van der Waals surface area (Å²) in [5, 5.41) is 3.41. The lowest BCUT2D eigenvalue weighted by molar-refractivity contribution is 0.247. The van der Waals surface area contributed by atoms with Gasteiger partial charge < -0.3 is 11.1 Å². The second-order valence-corrected chi connectivity index (χ2v) is 9.82. The van der Waals surface area contributed by atoms with Gasteiger partial charge in [0.05, 0.1) is 17.5 Å². The molecular formula is C21H24ClN5O3S. The van der Waals surface area contributed by atoms with Crippen molar-refractivity contribution in [1.29, 1.82) is 0 Å². The largest absolute Gasteiger partial charge is 0.369 e. The third-order valence-corrected chi connectivity index (χ3v) is 7.42. The maximum Gasteiger partial charge on any atom is 0.321 e. The molecule has 0 radical (unpaired) electrons. The van der Waals surface area contributed by atoms with E-state index in [0.717, 1.165) is 27.5 Å². The van der Waals surface area contributed by atoms with Crippen LogP contribution in [-0.2, 0) is 16.4 Å². The molecule has 0 spiro atoms. The van der Waals surface area contributed by atoms with Crippen molar-refractivity contribution in [3.63, 3.8) is 0 Å². The number of hydrogen-bond donors (Lipinski definition) is 2. The molecule has 4 rings (SSSR count). The van der Waals surface area contributed by atoms with Crippen LogP contribution in [0.3, 0.4) is 0 Å². The van der Waals surface area contributed by atoms with Gasteiger partial charge in [0, 0.05) is 23.8 Å². The molecule has 0 aliphatic carbocycles. The average Bonchev–Trinajstić information content (AvgIpc) is 3.35. The van der Waals surface area contributed by atoms with E-state index in [2.05, 4.69) is 10.3 Å². The summed E-state index contributed by atoms with van der Waals surface area (Å²) in [6, 6.07) is 11.4. The van der Waals surface area contributed by atoms with Gasteiger partial charge in [0.15, 0.2) is 0 Å². The molecule has 0 saturated heterocycles. The summed E-state index contributed by atoms with van der Waals surface area (Å²) in [5.74, 6) is -0.0500. The molecule has 10 heteroatoms.